The van der Waals surface area contributed by atoms with E-state index in [0.29, 0.717) is 42.0 Å². The summed E-state index contributed by atoms with van der Waals surface area (Å²) in [7, 11) is 0. The third-order valence-corrected chi connectivity index (χ3v) is 5.96. The summed E-state index contributed by atoms with van der Waals surface area (Å²) in [5, 5.41) is 20.0. The number of nitrogens with two attached hydrogens (primary N) is 1. The van der Waals surface area contributed by atoms with E-state index in [4.69, 9.17) is 11.1 Å². The van der Waals surface area contributed by atoms with Crippen molar-refractivity contribution >= 4 is 40.7 Å². The average Bonchev–Trinajstić information content (AvgIpc) is 3.23. The predicted molar refractivity (Wildman–Crippen MR) is 136 cm³/mol. The van der Waals surface area contributed by atoms with Gasteiger partial charge in [0.1, 0.15) is 17.5 Å². The molecular formula is C27H30N4O5. The van der Waals surface area contributed by atoms with Crippen molar-refractivity contribution in [3.63, 3.8) is 0 Å². The zero-order chi connectivity index (χ0) is 26.1. The number of fused-ring (bicyclic) bond motifs is 1. The SMILES string of the molecule is N=C(N)CCCCCC(=O)Cc1ccc(C[C@H](NC(=O)c2[nH]c3ccccc3c2C=O)C(=O)O)cc1. The number of carbonyl (C=O) groups excluding carboxylic acids is 3. The molecule has 1 atom stereocenters. The Morgan fingerprint density at radius 1 is 1.00 bits per heavy atom. The van der Waals surface area contributed by atoms with Crippen LogP contribution >= 0.6 is 0 Å². The van der Waals surface area contributed by atoms with Gasteiger partial charge in [0, 0.05) is 36.6 Å². The van der Waals surface area contributed by atoms with Crippen LogP contribution in [-0.4, -0.2) is 45.9 Å². The molecule has 6 N–H and O–H groups in total. The first-order chi connectivity index (χ1) is 17.3. The molecule has 9 heteroatoms. The Hall–Kier alpha value is -4.27. The molecule has 3 rings (SSSR count). The largest absolute Gasteiger partial charge is 0.480 e. The summed E-state index contributed by atoms with van der Waals surface area (Å²) in [6, 6.07) is 12.8. The van der Waals surface area contributed by atoms with E-state index in [9.17, 15) is 24.3 Å². The number of hydrogen-bond acceptors (Lipinski definition) is 5. The molecule has 1 aromatic heterocycles. The summed E-state index contributed by atoms with van der Waals surface area (Å²) in [5.41, 5.74) is 7.65. The zero-order valence-corrected chi connectivity index (χ0v) is 19.9. The van der Waals surface area contributed by atoms with Gasteiger partial charge < -0.3 is 21.1 Å². The third-order valence-electron chi connectivity index (χ3n) is 5.96. The Labute approximate surface area is 208 Å². The monoisotopic (exact) mass is 490 g/mol. The summed E-state index contributed by atoms with van der Waals surface area (Å²) >= 11 is 0. The Balaban J connectivity index is 1.57. The van der Waals surface area contributed by atoms with Crippen LogP contribution in [-0.2, 0) is 22.4 Å². The second-order valence-corrected chi connectivity index (χ2v) is 8.76. The number of benzene rings is 2. The molecule has 9 nitrogen and oxygen atoms in total. The molecule has 0 aliphatic rings. The molecule has 1 amide bonds. The van der Waals surface area contributed by atoms with Crippen molar-refractivity contribution in [3.05, 3.63) is 70.9 Å². The van der Waals surface area contributed by atoms with Crippen molar-refractivity contribution in [2.75, 3.05) is 0 Å². The van der Waals surface area contributed by atoms with Gasteiger partial charge in [0.2, 0.25) is 0 Å². The molecule has 0 aliphatic heterocycles. The predicted octanol–water partition coefficient (Wildman–Crippen LogP) is 3.40. The van der Waals surface area contributed by atoms with Crippen molar-refractivity contribution in [1.82, 2.24) is 10.3 Å². The lowest BCUT2D eigenvalue weighted by atomic mass is 10.00. The lowest BCUT2D eigenvalue weighted by Gasteiger charge is -2.15. The van der Waals surface area contributed by atoms with E-state index in [2.05, 4.69) is 10.3 Å². The van der Waals surface area contributed by atoms with E-state index in [1.165, 1.54) is 0 Å². The number of nitrogens with one attached hydrogen (secondary N) is 3. The van der Waals surface area contributed by atoms with Gasteiger partial charge in [-0.25, -0.2) is 4.79 Å². The van der Waals surface area contributed by atoms with E-state index in [1.807, 2.05) is 0 Å². The Morgan fingerprint density at radius 2 is 1.67 bits per heavy atom. The van der Waals surface area contributed by atoms with Gasteiger partial charge in [0.05, 0.1) is 11.4 Å². The summed E-state index contributed by atoms with van der Waals surface area (Å²) in [4.78, 5) is 51.3. The van der Waals surface area contributed by atoms with Crippen LogP contribution in [0.15, 0.2) is 48.5 Å². The van der Waals surface area contributed by atoms with E-state index in [-0.39, 0.29) is 29.3 Å². The molecule has 188 valence electrons. The first kappa shape index (κ1) is 26.3. The minimum Gasteiger partial charge on any atom is -0.480 e. The van der Waals surface area contributed by atoms with Gasteiger partial charge in [-0.1, -0.05) is 48.9 Å². The number of amides is 1. The van der Waals surface area contributed by atoms with Gasteiger partial charge in [0.25, 0.3) is 5.91 Å². The maximum Gasteiger partial charge on any atom is 0.326 e. The number of unbranched alkanes of at least 4 members (excludes halogenated alkanes) is 2. The summed E-state index contributed by atoms with van der Waals surface area (Å²) in [5.74, 6) is -1.59. The number of Topliss-reactive ketones (excluding diaryl/α,β-unsaturated/α-hetero) is 1. The Kier molecular flexibility index (Phi) is 9.10. The van der Waals surface area contributed by atoms with E-state index in [0.717, 1.165) is 24.8 Å². The third kappa shape index (κ3) is 7.11. The van der Waals surface area contributed by atoms with Crippen LogP contribution in [0.1, 0.15) is 64.1 Å². The van der Waals surface area contributed by atoms with Gasteiger partial charge in [-0.15, -0.1) is 0 Å². The van der Waals surface area contributed by atoms with Crippen LogP contribution in [0.2, 0.25) is 0 Å². The fourth-order valence-electron chi connectivity index (χ4n) is 4.05. The van der Waals surface area contributed by atoms with E-state index < -0.39 is 17.9 Å². The molecule has 0 bridgehead atoms. The van der Waals surface area contributed by atoms with Crippen LogP contribution in [0.3, 0.4) is 0 Å². The highest BCUT2D eigenvalue weighted by molar-refractivity contribution is 6.10. The fraction of sp³-hybridized carbons (Fsp3) is 0.296. The minimum absolute atomic E-state index is 0.0209. The van der Waals surface area contributed by atoms with Gasteiger partial charge in [0.15, 0.2) is 6.29 Å². The van der Waals surface area contributed by atoms with Crippen molar-refractivity contribution < 1.29 is 24.3 Å². The number of rotatable bonds is 14. The summed E-state index contributed by atoms with van der Waals surface area (Å²) in [6.45, 7) is 0. The molecular weight excluding hydrogens is 460 g/mol. The molecule has 1 heterocycles. The maximum atomic E-state index is 12.8. The van der Waals surface area contributed by atoms with Gasteiger partial charge in [-0.05, 0) is 30.0 Å². The number of carboxylic acids is 1. The van der Waals surface area contributed by atoms with Crippen molar-refractivity contribution in [2.45, 2.75) is 51.0 Å². The van der Waals surface area contributed by atoms with Crippen molar-refractivity contribution in [2.24, 2.45) is 5.73 Å². The number of carbonyl (C=O) groups is 4. The highest BCUT2D eigenvalue weighted by atomic mass is 16.4. The summed E-state index contributed by atoms with van der Waals surface area (Å²) in [6.07, 6.45) is 4.33. The first-order valence-electron chi connectivity index (χ1n) is 11.8. The number of aldehydes is 1. The number of H-pyrrole nitrogens is 1. The van der Waals surface area contributed by atoms with Crippen molar-refractivity contribution in [1.29, 1.82) is 5.41 Å². The second kappa shape index (κ2) is 12.4. The van der Waals surface area contributed by atoms with E-state index in [1.54, 1.807) is 48.5 Å². The normalized spacial score (nSPS) is 11.7. The first-order valence-corrected chi connectivity index (χ1v) is 11.8. The fourth-order valence-corrected chi connectivity index (χ4v) is 4.05. The lowest BCUT2D eigenvalue weighted by Crippen LogP contribution is -2.42. The minimum atomic E-state index is -1.20. The highest BCUT2D eigenvalue weighted by Gasteiger charge is 2.24. The molecule has 0 radical (unpaired) electrons. The van der Waals surface area contributed by atoms with Crippen LogP contribution in [0.4, 0.5) is 0 Å². The second-order valence-electron chi connectivity index (χ2n) is 8.76. The molecule has 0 aliphatic carbocycles. The lowest BCUT2D eigenvalue weighted by molar-refractivity contribution is -0.139. The van der Waals surface area contributed by atoms with Gasteiger partial charge >= 0.3 is 5.97 Å². The van der Waals surface area contributed by atoms with E-state index >= 15 is 0 Å². The summed E-state index contributed by atoms with van der Waals surface area (Å²) < 4.78 is 0. The average molecular weight is 491 g/mol. The number of aliphatic carboxylic acids is 1. The van der Waals surface area contributed by atoms with Crippen molar-refractivity contribution in [3.8, 4) is 0 Å². The molecule has 3 aromatic rings. The number of carboxylic acid groups (broad SMARTS) is 1. The number of ketones is 1. The van der Waals surface area contributed by atoms with Gasteiger partial charge in [-0.2, -0.15) is 0 Å². The Morgan fingerprint density at radius 3 is 2.33 bits per heavy atom. The van der Waals surface area contributed by atoms with Gasteiger partial charge in [-0.3, -0.25) is 19.8 Å². The zero-order valence-electron chi connectivity index (χ0n) is 19.9. The molecule has 0 saturated carbocycles. The molecule has 36 heavy (non-hydrogen) atoms. The molecule has 0 saturated heterocycles. The highest BCUT2D eigenvalue weighted by Crippen LogP contribution is 2.21. The topological polar surface area (TPSA) is 166 Å². The number of amidine groups is 1. The molecule has 0 fully saturated rings. The Bertz CT molecular complexity index is 1260. The maximum absolute atomic E-state index is 12.8. The number of aromatic nitrogens is 1. The molecule has 0 spiro atoms. The number of para-hydroxylation sites is 1. The quantitative estimate of drug-likeness (QED) is 0.100. The number of hydrogen-bond donors (Lipinski definition) is 5. The smallest absolute Gasteiger partial charge is 0.326 e. The van der Waals surface area contributed by atoms with Crippen LogP contribution in [0.25, 0.3) is 10.9 Å². The standard InChI is InChI=1S/C27H30N4O5/c28-24(29)9-3-1-2-6-19(33)14-17-10-12-18(13-11-17)15-23(27(35)36)31-26(34)25-21(16-32)20-7-4-5-8-22(20)30-25/h4-5,7-8,10-13,16,23,30H,1-3,6,9,14-15H2,(H3,28,29)(H,31,34)(H,35,36)/t23-/m0/s1. The molecule has 0 unspecified atom stereocenters. The van der Waals surface area contributed by atoms with Crippen LogP contribution in [0.5, 0.6) is 0 Å². The number of aromatic amines is 1. The van der Waals surface area contributed by atoms with Crippen LogP contribution < -0.4 is 11.1 Å². The van der Waals surface area contributed by atoms with Crippen LogP contribution in [0, 0.1) is 5.41 Å². The molecule has 2 aromatic carbocycles.